The minimum Gasteiger partial charge on any atom is -0.268 e. The summed E-state index contributed by atoms with van der Waals surface area (Å²) in [6.45, 7) is 5.79. The highest BCUT2D eigenvalue weighted by Gasteiger charge is 2.26. The molecule has 6 nitrogen and oxygen atoms in total. The van der Waals surface area contributed by atoms with Crippen molar-refractivity contribution in [2.75, 3.05) is 0 Å². The molecule has 4 aromatic heterocycles. The third kappa shape index (κ3) is 3.46. The van der Waals surface area contributed by atoms with Crippen LogP contribution < -0.4 is 11.1 Å². The van der Waals surface area contributed by atoms with Crippen LogP contribution in [0.5, 0.6) is 0 Å². The van der Waals surface area contributed by atoms with Crippen LogP contribution in [-0.2, 0) is 0 Å². The van der Waals surface area contributed by atoms with E-state index >= 15 is 0 Å². The molecule has 16 rings (SSSR count). The first-order valence-electron chi connectivity index (χ1n) is 21.4. The SMILES string of the molecule is C=C/C=C\c1c(C)nc2c3ccc4c5ccc6c7ccc8c9ccc%10c%11c(ccc(c%12ccc(c%13ccc(c%14ccc(c(=O)n12)c3c%144)c5c%136)c7c%128)c9%11)c(=O)n1c2ccccc2nc%101. The smallest absolute Gasteiger partial charge is 0.264 e. The number of aromatic nitrogens is 4. The number of pyridine rings is 2. The normalized spacial score (nSPS) is 13.3. The van der Waals surface area contributed by atoms with Crippen molar-refractivity contribution in [3.63, 3.8) is 0 Å². The van der Waals surface area contributed by atoms with Gasteiger partial charge in [-0.05, 0) is 146 Å². The summed E-state index contributed by atoms with van der Waals surface area (Å²) in [6, 6.07) is 43.5. The van der Waals surface area contributed by atoms with Gasteiger partial charge >= 0.3 is 0 Å². The number of allylic oxidation sites excluding steroid dienone is 2. The fourth-order valence-corrected chi connectivity index (χ4v) is 12.3. The number of hydrogen-bond donors (Lipinski definition) is 0. The van der Waals surface area contributed by atoms with E-state index in [1.807, 2.05) is 55.5 Å². The van der Waals surface area contributed by atoms with Crippen molar-refractivity contribution in [2.45, 2.75) is 6.92 Å². The Balaban J connectivity index is 1.02. The van der Waals surface area contributed by atoms with Crippen molar-refractivity contribution in [3.8, 4) is 0 Å². The maximum atomic E-state index is 14.4. The largest absolute Gasteiger partial charge is 0.268 e. The zero-order valence-corrected chi connectivity index (χ0v) is 33.6. The number of fused-ring (bicyclic) bond motifs is 12. The van der Waals surface area contributed by atoms with E-state index in [1.165, 1.54) is 64.6 Å². The van der Waals surface area contributed by atoms with Gasteiger partial charge in [0.05, 0.1) is 22.4 Å². The minimum absolute atomic E-state index is 0.0348. The van der Waals surface area contributed by atoms with Crippen molar-refractivity contribution in [3.05, 3.63) is 172 Å². The summed E-state index contributed by atoms with van der Waals surface area (Å²) < 4.78 is 3.54. The standard InChI is InChI=1S/C57H28N4O2/c1-3-4-8-44-26(2)58-54-39-22-18-35-31-14-10-27-28-11-15-32-36-19-23-40-53-42(57(63)61-45-9-6-5-7-43(45)59-55(40)61)25-21-38(51(36)53)34-17-13-30(47(28)49(32)34)29-12-16-33(48(31)46(27)29)37-20-24-41(52(39)50(35)37)56(62)60(44)54/h3-25H,1H2,2H3/b8-4-. The molecule has 4 heterocycles. The third-order valence-corrected chi connectivity index (χ3v) is 14.8. The summed E-state index contributed by atoms with van der Waals surface area (Å²) in [6.07, 6.45) is 5.49. The molecule has 16 aromatic rings. The van der Waals surface area contributed by atoms with Crippen LogP contribution in [0.4, 0.5) is 0 Å². The monoisotopic (exact) mass is 800 g/mol. The van der Waals surface area contributed by atoms with Crippen LogP contribution in [0.25, 0.3) is 158 Å². The van der Waals surface area contributed by atoms with Crippen molar-refractivity contribution in [1.82, 2.24) is 18.8 Å². The van der Waals surface area contributed by atoms with Crippen LogP contribution in [0, 0.1) is 6.92 Å². The maximum Gasteiger partial charge on any atom is 0.264 e. The number of para-hydroxylation sites is 2. The summed E-state index contributed by atoms with van der Waals surface area (Å²) in [5, 5.41) is 26.8. The second kappa shape index (κ2) is 10.5. The van der Waals surface area contributed by atoms with Gasteiger partial charge in [0.25, 0.3) is 11.1 Å². The van der Waals surface area contributed by atoms with Crippen LogP contribution in [0.15, 0.2) is 150 Å². The Kier molecular flexibility index (Phi) is 5.39. The van der Waals surface area contributed by atoms with E-state index in [-0.39, 0.29) is 11.1 Å². The first-order valence-corrected chi connectivity index (χ1v) is 21.4. The van der Waals surface area contributed by atoms with Crippen LogP contribution in [-0.4, -0.2) is 18.8 Å². The van der Waals surface area contributed by atoms with Gasteiger partial charge in [-0.3, -0.25) is 18.4 Å². The van der Waals surface area contributed by atoms with Gasteiger partial charge in [-0.1, -0.05) is 104 Å². The number of imidazole rings is 2. The second-order valence-electron chi connectivity index (χ2n) is 17.5. The molecule has 6 heteroatoms. The van der Waals surface area contributed by atoms with Gasteiger partial charge in [0.2, 0.25) is 0 Å². The zero-order chi connectivity index (χ0) is 41.3. The van der Waals surface area contributed by atoms with E-state index in [0.29, 0.717) is 22.1 Å². The van der Waals surface area contributed by atoms with Crippen molar-refractivity contribution >= 4 is 158 Å². The molecule has 0 N–H and O–H groups in total. The lowest BCUT2D eigenvalue weighted by atomic mass is 9.81. The Morgan fingerprint density at radius 1 is 0.413 bits per heavy atom. The Hall–Kier alpha value is -8.48. The molecular formula is C57H28N4O2. The lowest BCUT2D eigenvalue weighted by Crippen LogP contribution is -2.14. The Morgan fingerprint density at radius 3 is 1.16 bits per heavy atom. The molecule has 0 aliphatic carbocycles. The van der Waals surface area contributed by atoms with Crippen LogP contribution in [0.2, 0.25) is 0 Å². The number of aryl methyl sites for hydroxylation is 1. The van der Waals surface area contributed by atoms with E-state index in [2.05, 4.69) is 91.5 Å². The molecule has 0 bridgehead atoms. The summed E-state index contributed by atoms with van der Waals surface area (Å²) >= 11 is 0. The van der Waals surface area contributed by atoms with Crippen LogP contribution in [0.1, 0.15) is 11.4 Å². The molecule has 0 radical (unpaired) electrons. The van der Waals surface area contributed by atoms with Gasteiger partial charge < -0.3 is 0 Å². The molecule has 0 spiro atoms. The fourth-order valence-electron chi connectivity index (χ4n) is 12.3. The number of nitrogens with zero attached hydrogens (tertiary/aromatic N) is 4. The quantitative estimate of drug-likeness (QED) is 0.0992. The van der Waals surface area contributed by atoms with Crippen LogP contribution in [0.3, 0.4) is 0 Å². The van der Waals surface area contributed by atoms with E-state index in [4.69, 9.17) is 9.97 Å². The van der Waals surface area contributed by atoms with E-state index < -0.39 is 0 Å². The molecule has 0 fully saturated rings. The van der Waals surface area contributed by atoms with Crippen LogP contribution >= 0.6 is 0 Å². The van der Waals surface area contributed by atoms with Crippen molar-refractivity contribution in [1.29, 1.82) is 0 Å². The molecule has 63 heavy (non-hydrogen) atoms. The lowest BCUT2D eigenvalue weighted by molar-refractivity contribution is 1.12. The van der Waals surface area contributed by atoms with E-state index in [1.54, 1.807) is 14.9 Å². The molecule has 288 valence electrons. The van der Waals surface area contributed by atoms with Gasteiger partial charge in [0, 0.05) is 32.3 Å². The van der Waals surface area contributed by atoms with E-state index in [0.717, 1.165) is 76.3 Å². The Bertz CT molecular complexity index is 4860. The molecule has 0 unspecified atom stereocenters. The average molecular weight is 801 g/mol. The van der Waals surface area contributed by atoms with Crippen molar-refractivity contribution in [2.24, 2.45) is 0 Å². The fraction of sp³-hybridized carbons (Fsp3) is 0.0175. The summed E-state index contributed by atoms with van der Waals surface area (Å²) in [7, 11) is 0. The molecule has 0 atom stereocenters. The third-order valence-electron chi connectivity index (χ3n) is 14.8. The van der Waals surface area contributed by atoms with Gasteiger partial charge in [-0.25, -0.2) is 9.97 Å². The maximum absolute atomic E-state index is 14.4. The molecule has 0 amide bonds. The minimum atomic E-state index is -0.0598. The molecular weight excluding hydrogens is 773 g/mol. The van der Waals surface area contributed by atoms with Gasteiger partial charge in [-0.15, -0.1) is 0 Å². The highest BCUT2D eigenvalue weighted by Crippen LogP contribution is 2.52. The van der Waals surface area contributed by atoms with Gasteiger partial charge in [-0.2, -0.15) is 0 Å². The number of rotatable bonds is 2. The predicted molar refractivity (Wildman–Crippen MR) is 264 cm³/mol. The number of hydrogen-bond acceptors (Lipinski definition) is 4. The molecule has 0 saturated carbocycles. The first-order chi connectivity index (χ1) is 31.0. The lowest BCUT2D eigenvalue weighted by Gasteiger charge is -2.22. The predicted octanol–water partition coefficient (Wildman–Crippen LogP) is 13.4. The Labute approximate surface area is 354 Å². The Morgan fingerprint density at radius 2 is 0.746 bits per heavy atom. The first kappa shape index (κ1) is 32.3. The highest BCUT2D eigenvalue weighted by atomic mass is 16.1. The molecule has 12 aromatic carbocycles. The zero-order valence-electron chi connectivity index (χ0n) is 33.6. The number of benzene rings is 12. The molecule has 0 aliphatic heterocycles. The molecule has 0 aliphatic rings. The summed E-state index contributed by atoms with van der Waals surface area (Å²) in [5.74, 6) is 0. The van der Waals surface area contributed by atoms with Gasteiger partial charge in [0.1, 0.15) is 11.3 Å². The van der Waals surface area contributed by atoms with Gasteiger partial charge in [0.15, 0.2) is 0 Å². The second-order valence-corrected chi connectivity index (χ2v) is 17.5. The summed E-state index contributed by atoms with van der Waals surface area (Å²) in [5.41, 5.74) is 4.53. The molecule has 0 saturated heterocycles. The summed E-state index contributed by atoms with van der Waals surface area (Å²) in [4.78, 5) is 38.7. The topological polar surface area (TPSA) is 68.7 Å². The average Bonchev–Trinajstić information content (AvgIpc) is 3.88. The van der Waals surface area contributed by atoms with E-state index in [9.17, 15) is 9.59 Å². The van der Waals surface area contributed by atoms with Crippen molar-refractivity contribution < 1.29 is 0 Å². The highest BCUT2D eigenvalue weighted by molar-refractivity contribution is 6.47.